The molecule has 0 saturated heterocycles. The van der Waals surface area contributed by atoms with E-state index >= 15 is 0 Å². The van der Waals surface area contributed by atoms with Crippen molar-refractivity contribution >= 4 is 23.6 Å². The quantitative estimate of drug-likeness (QED) is 0.757. The zero-order chi connectivity index (χ0) is 16.0. The van der Waals surface area contributed by atoms with Gasteiger partial charge in [-0.2, -0.15) is 0 Å². The van der Waals surface area contributed by atoms with Crippen LogP contribution in [0.5, 0.6) is 0 Å². The molecule has 0 unspecified atom stereocenters. The lowest BCUT2D eigenvalue weighted by Crippen LogP contribution is -2.36. The highest BCUT2D eigenvalue weighted by Crippen LogP contribution is 2.12. The summed E-state index contributed by atoms with van der Waals surface area (Å²) in [4.78, 5) is 37.9. The Morgan fingerprint density at radius 2 is 1.95 bits per heavy atom. The van der Waals surface area contributed by atoms with E-state index in [1.807, 2.05) is 0 Å². The predicted octanol–water partition coefficient (Wildman–Crippen LogP) is 1.27. The molecule has 21 heavy (non-hydrogen) atoms. The first-order chi connectivity index (χ1) is 9.70. The average molecular weight is 293 g/mol. The molecule has 0 saturated carbocycles. The minimum Gasteiger partial charge on any atom is -0.478 e. The SMILES string of the molecule is CC(C)(C)C(=O)NCCC(=O)Nc1cc(C(=O)O)ccn1. The summed E-state index contributed by atoms with van der Waals surface area (Å²) < 4.78 is 0. The first kappa shape index (κ1) is 16.6. The van der Waals surface area contributed by atoms with Crippen molar-refractivity contribution in [3.8, 4) is 0 Å². The molecule has 0 atom stereocenters. The second-order valence-electron chi connectivity index (χ2n) is 5.54. The molecule has 1 aromatic heterocycles. The number of nitrogens with zero attached hydrogens (tertiary/aromatic N) is 1. The fraction of sp³-hybridized carbons (Fsp3) is 0.429. The van der Waals surface area contributed by atoms with E-state index in [1.165, 1.54) is 18.3 Å². The number of carbonyl (C=O) groups is 3. The third-order valence-electron chi connectivity index (χ3n) is 2.59. The summed E-state index contributed by atoms with van der Waals surface area (Å²) in [7, 11) is 0. The molecule has 7 nitrogen and oxygen atoms in total. The number of hydrogen-bond donors (Lipinski definition) is 3. The molecule has 1 heterocycles. The van der Waals surface area contributed by atoms with Gasteiger partial charge in [-0.05, 0) is 12.1 Å². The summed E-state index contributed by atoms with van der Waals surface area (Å²) in [5.41, 5.74) is -0.463. The highest BCUT2D eigenvalue weighted by atomic mass is 16.4. The molecule has 0 fully saturated rings. The van der Waals surface area contributed by atoms with Crippen LogP contribution in [0.15, 0.2) is 18.3 Å². The van der Waals surface area contributed by atoms with Crippen LogP contribution >= 0.6 is 0 Å². The summed E-state index contributed by atoms with van der Waals surface area (Å²) in [6.45, 7) is 5.55. The predicted molar refractivity (Wildman–Crippen MR) is 76.9 cm³/mol. The third-order valence-corrected chi connectivity index (χ3v) is 2.59. The first-order valence-corrected chi connectivity index (χ1v) is 6.47. The van der Waals surface area contributed by atoms with E-state index in [-0.39, 0.29) is 36.2 Å². The van der Waals surface area contributed by atoms with Crippen molar-refractivity contribution in [3.63, 3.8) is 0 Å². The van der Waals surface area contributed by atoms with Gasteiger partial charge in [-0.3, -0.25) is 9.59 Å². The number of pyridine rings is 1. The van der Waals surface area contributed by atoms with Gasteiger partial charge in [0.1, 0.15) is 5.82 Å². The number of hydrogen-bond acceptors (Lipinski definition) is 4. The van der Waals surface area contributed by atoms with Crippen LogP contribution in [0.2, 0.25) is 0 Å². The highest BCUT2D eigenvalue weighted by Gasteiger charge is 2.20. The van der Waals surface area contributed by atoms with Crippen molar-refractivity contribution in [1.29, 1.82) is 0 Å². The van der Waals surface area contributed by atoms with Crippen LogP contribution in [0, 0.1) is 5.41 Å². The van der Waals surface area contributed by atoms with Crippen LogP contribution in [-0.2, 0) is 9.59 Å². The molecule has 2 amide bonds. The fourth-order valence-electron chi connectivity index (χ4n) is 1.39. The first-order valence-electron chi connectivity index (χ1n) is 6.47. The third kappa shape index (κ3) is 5.60. The molecule has 7 heteroatoms. The lowest BCUT2D eigenvalue weighted by Gasteiger charge is -2.17. The van der Waals surface area contributed by atoms with E-state index < -0.39 is 11.4 Å². The van der Waals surface area contributed by atoms with Gasteiger partial charge in [0.15, 0.2) is 0 Å². The monoisotopic (exact) mass is 293 g/mol. The Hall–Kier alpha value is -2.44. The lowest BCUT2D eigenvalue weighted by molar-refractivity contribution is -0.128. The van der Waals surface area contributed by atoms with Gasteiger partial charge in [-0.1, -0.05) is 20.8 Å². The van der Waals surface area contributed by atoms with Crippen molar-refractivity contribution in [2.45, 2.75) is 27.2 Å². The lowest BCUT2D eigenvalue weighted by atomic mass is 9.96. The molecule has 0 aromatic carbocycles. The molecule has 1 aromatic rings. The number of nitrogens with one attached hydrogen (secondary N) is 2. The number of rotatable bonds is 5. The van der Waals surface area contributed by atoms with Crippen LogP contribution in [0.3, 0.4) is 0 Å². The Morgan fingerprint density at radius 1 is 1.29 bits per heavy atom. The van der Waals surface area contributed by atoms with Gasteiger partial charge in [0.2, 0.25) is 11.8 Å². The molecule has 3 N–H and O–H groups in total. The zero-order valence-corrected chi connectivity index (χ0v) is 12.3. The Bertz CT molecular complexity index is 549. The molecule has 114 valence electrons. The zero-order valence-electron chi connectivity index (χ0n) is 12.3. The number of anilines is 1. The van der Waals surface area contributed by atoms with Crippen molar-refractivity contribution in [1.82, 2.24) is 10.3 Å². The van der Waals surface area contributed by atoms with Gasteiger partial charge in [-0.25, -0.2) is 9.78 Å². The molecule has 0 bridgehead atoms. The number of aromatic carboxylic acids is 1. The molecule has 1 rings (SSSR count). The number of amides is 2. The van der Waals surface area contributed by atoms with Crippen molar-refractivity contribution in [2.75, 3.05) is 11.9 Å². The number of aromatic nitrogens is 1. The summed E-state index contributed by atoms with van der Waals surface area (Å²) >= 11 is 0. The van der Waals surface area contributed by atoms with Gasteiger partial charge in [0.05, 0.1) is 5.56 Å². The molecule has 0 aliphatic carbocycles. The summed E-state index contributed by atoms with van der Waals surface area (Å²) in [5.74, 6) is -1.41. The van der Waals surface area contributed by atoms with Gasteiger partial charge in [-0.15, -0.1) is 0 Å². The normalized spacial score (nSPS) is 10.8. The highest BCUT2D eigenvalue weighted by molar-refractivity contribution is 5.93. The second kappa shape index (κ2) is 6.83. The molecular formula is C14H19N3O4. The van der Waals surface area contributed by atoms with Gasteiger partial charge in [0.25, 0.3) is 0 Å². The summed E-state index contributed by atoms with van der Waals surface area (Å²) in [6.07, 6.45) is 1.39. The number of carbonyl (C=O) groups excluding carboxylic acids is 2. The van der Waals surface area contributed by atoms with Gasteiger partial charge < -0.3 is 15.7 Å². The number of carboxylic acids is 1. The van der Waals surface area contributed by atoms with Crippen LogP contribution < -0.4 is 10.6 Å². The second-order valence-corrected chi connectivity index (χ2v) is 5.54. The smallest absolute Gasteiger partial charge is 0.335 e. The summed E-state index contributed by atoms with van der Waals surface area (Å²) in [6, 6.07) is 2.61. The van der Waals surface area contributed by atoms with Crippen LogP contribution in [0.4, 0.5) is 5.82 Å². The van der Waals surface area contributed by atoms with E-state index in [2.05, 4.69) is 15.6 Å². The minimum atomic E-state index is -1.09. The van der Waals surface area contributed by atoms with Crippen LogP contribution in [0.25, 0.3) is 0 Å². The van der Waals surface area contributed by atoms with E-state index in [0.717, 1.165) is 0 Å². The molecular weight excluding hydrogens is 274 g/mol. The van der Waals surface area contributed by atoms with Gasteiger partial charge in [0, 0.05) is 24.6 Å². The fourth-order valence-corrected chi connectivity index (χ4v) is 1.39. The van der Waals surface area contributed by atoms with Crippen LogP contribution in [-0.4, -0.2) is 34.4 Å². The van der Waals surface area contributed by atoms with Gasteiger partial charge >= 0.3 is 5.97 Å². The Labute approximate surface area is 122 Å². The van der Waals surface area contributed by atoms with Crippen LogP contribution in [0.1, 0.15) is 37.6 Å². The van der Waals surface area contributed by atoms with E-state index in [9.17, 15) is 14.4 Å². The Kier molecular flexibility index (Phi) is 5.40. The Balaban J connectivity index is 2.46. The maximum atomic E-state index is 11.7. The maximum Gasteiger partial charge on any atom is 0.335 e. The van der Waals surface area contributed by atoms with Crippen molar-refractivity contribution in [2.24, 2.45) is 5.41 Å². The summed E-state index contributed by atoms with van der Waals surface area (Å²) in [5, 5.41) is 14.0. The average Bonchev–Trinajstić information content (AvgIpc) is 2.37. The molecule has 0 radical (unpaired) electrons. The van der Waals surface area contributed by atoms with E-state index in [1.54, 1.807) is 20.8 Å². The van der Waals surface area contributed by atoms with E-state index in [0.29, 0.717) is 0 Å². The Morgan fingerprint density at radius 3 is 2.52 bits per heavy atom. The largest absolute Gasteiger partial charge is 0.478 e. The molecule has 0 aliphatic heterocycles. The van der Waals surface area contributed by atoms with Crippen molar-refractivity contribution in [3.05, 3.63) is 23.9 Å². The topological polar surface area (TPSA) is 108 Å². The van der Waals surface area contributed by atoms with E-state index in [4.69, 9.17) is 5.11 Å². The standard InChI is InChI=1S/C14H19N3O4/c1-14(2,3)13(21)16-7-5-11(18)17-10-8-9(12(19)20)4-6-15-10/h4,6,8H,5,7H2,1-3H3,(H,16,21)(H,19,20)(H,15,17,18). The minimum absolute atomic E-state index is 0.0429. The molecule has 0 aliphatic rings. The maximum absolute atomic E-state index is 11.7. The van der Waals surface area contributed by atoms with Crippen molar-refractivity contribution < 1.29 is 19.5 Å². The number of carboxylic acid groups (broad SMARTS) is 1. The molecule has 0 spiro atoms.